The van der Waals surface area contributed by atoms with Crippen LogP contribution in [0.5, 0.6) is 0 Å². The van der Waals surface area contributed by atoms with Crippen molar-refractivity contribution in [1.29, 1.82) is 0 Å². The Kier molecular flexibility index (Phi) is 1.28. The third kappa shape index (κ3) is 0.849. The normalized spacial score (nSPS) is 15.2. The van der Waals surface area contributed by atoms with Crippen LogP contribution in [0.2, 0.25) is 0 Å². The molecule has 0 spiro atoms. The molecule has 10 heavy (non-hydrogen) atoms. The van der Waals surface area contributed by atoms with Gasteiger partial charge in [-0.3, -0.25) is 0 Å². The summed E-state index contributed by atoms with van der Waals surface area (Å²) < 4.78 is 0. The smallest absolute Gasteiger partial charge is 0.139 e. The average Bonchev–Trinajstić information content (AvgIpc) is 2.33. The van der Waals surface area contributed by atoms with E-state index in [1.165, 1.54) is 16.6 Å². The van der Waals surface area contributed by atoms with E-state index < -0.39 is 0 Å². The molecule has 1 aromatic carbocycles. The van der Waals surface area contributed by atoms with Crippen LogP contribution in [0.25, 0.3) is 0 Å². The summed E-state index contributed by atoms with van der Waals surface area (Å²) >= 11 is 0. The van der Waals surface area contributed by atoms with Crippen molar-refractivity contribution < 1.29 is 0 Å². The molecular formula is C8H10BN. The monoisotopic (exact) mass is 131 g/mol. The Bertz CT molecular complexity index is 257. The van der Waals surface area contributed by atoms with E-state index in [1.54, 1.807) is 0 Å². The molecule has 0 bridgehead atoms. The van der Waals surface area contributed by atoms with Gasteiger partial charge in [0, 0.05) is 13.1 Å². The van der Waals surface area contributed by atoms with Gasteiger partial charge in [-0.15, -0.1) is 0 Å². The minimum atomic E-state index is 1.05. The highest BCUT2D eigenvalue weighted by molar-refractivity contribution is 6.32. The van der Waals surface area contributed by atoms with Crippen molar-refractivity contribution in [2.45, 2.75) is 13.1 Å². The maximum absolute atomic E-state index is 3.31. The summed E-state index contributed by atoms with van der Waals surface area (Å²) in [6.45, 7) is 2.10. The number of hydrogen-bond acceptors (Lipinski definition) is 1. The highest BCUT2D eigenvalue weighted by Gasteiger charge is 2.07. The molecule has 1 nitrogen and oxygen atoms in total. The van der Waals surface area contributed by atoms with Gasteiger partial charge in [0.1, 0.15) is 7.85 Å². The predicted octanol–water partition coefficient (Wildman–Crippen LogP) is -0.452. The first-order valence-electron chi connectivity index (χ1n) is 3.65. The third-order valence-corrected chi connectivity index (χ3v) is 1.99. The Balaban J connectivity index is 2.52. The van der Waals surface area contributed by atoms with Crippen molar-refractivity contribution in [2.24, 2.45) is 0 Å². The minimum Gasteiger partial charge on any atom is -0.309 e. The highest BCUT2D eigenvalue weighted by atomic mass is 14.9. The summed E-state index contributed by atoms with van der Waals surface area (Å²) in [5.41, 5.74) is 4.30. The third-order valence-electron chi connectivity index (χ3n) is 1.99. The quantitative estimate of drug-likeness (QED) is 0.470. The van der Waals surface area contributed by atoms with Crippen LogP contribution >= 0.6 is 0 Å². The number of benzene rings is 1. The van der Waals surface area contributed by atoms with Crippen molar-refractivity contribution in [3.8, 4) is 0 Å². The van der Waals surface area contributed by atoms with Gasteiger partial charge in [0.05, 0.1) is 0 Å². The molecular weight excluding hydrogens is 121 g/mol. The lowest BCUT2D eigenvalue weighted by Crippen LogP contribution is -2.02. The summed E-state index contributed by atoms with van der Waals surface area (Å²) in [7, 11) is 2.14. The molecule has 0 aliphatic carbocycles. The maximum atomic E-state index is 3.31. The summed E-state index contributed by atoms with van der Waals surface area (Å²) in [4.78, 5) is 0. The second-order valence-corrected chi connectivity index (χ2v) is 2.88. The van der Waals surface area contributed by atoms with E-state index in [0.717, 1.165) is 13.1 Å². The van der Waals surface area contributed by atoms with E-state index in [2.05, 4.69) is 31.4 Å². The van der Waals surface area contributed by atoms with E-state index in [1.807, 2.05) is 0 Å². The molecule has 0 saturated carbocycles. The molecule has 0 fully saturated rings. The standard InChI is InChI=1S/C8H10BN/c9-8-2-1-6-4-10-5-7(6)3-8/h1-3,10H,4-5,9H2. The second kappa shape index (κ2) is 2.13. The van der Waals surface area contributed by atoms with Crippen LogP contribution < -0.4 is 10.8 Å². The Morgan fingerprint density at radius 3 is 2.90 bits per heavy atom. The highest BCUT2D eigenvalue weighted by Crippen LogP contribution is 2.11. The topological polar surface area (TPSA) is 12.0 Å². The largest absolute Gasteiger partial charge is 0.309 e. The van der Waals surface area contributed by atoms with Gasteiger partial charge in [0.25, 0.3) is 0 Å². The summed E-state index contributed by atoms with van der Waals surface area (Å²) in [5.74, 6) is 0. The lowest BCUT2D eigenvalue weighted by atomic mass is 9.93. The first-order valence-corrected chi connectivity index (χ1v) is 3.65. The molecule has 1 heterocycles. The summed E-state index contributed by atoms with van der Waals surface area (Å²) in [6.07, 6.45) is 0. The second-order valence-electron chi connectivity index (χ2n) is 2.88. The van der Waals surface area contributed by atoms with Gasteiger partial charge in [-0.1, -0.05) is 23.7 Å². The van der Waals surface area contributed by atoms with E-state index in [0.29, 0.717) is 0 Å². The van der Waals surface area contributed by atoms with Crippen LogP contribution in [0.3, 0.4) is 0 Å². The molecule has 50 valence electrons. The SMILES string of the molecule is Bc1ccc2c(c1)CNC2. The van der Waals surface area contributed by atoms with E-state index in [-0.39, 0.29) is 0 Å². The van der Waals surface area contributed by atoms with Crippen molar-refractivity contribution in [1.82, 2.24) is 5.32 Å². The van der Waals surface area contributed by atoms with Crippen molar-refractivity contribution in [3.05, 3.63) is 29.3 Å². The molecule has 1 aliphatic rings. The van der Waals surface area contributed by atoms with Crippen molar-refractivity contribution in [2.75, 3.05) is 0 Å². The van der Waals surface area contributed by atoms with Crippen molar-refractivity contribution >= 4 is 13.3 Å². The van der Waals surface area contributed by atoms with E-state index in [9.17, 15) is 0 Å². The minimum absolute atomic E-state index is 1.05. The van der Waals surface area contributed by atoms with Crippen LogP contribution in [0.1, 0.15) is 11.1 Å². The zero-order valence-corrected chi connectivity index (χ0v) is 6.15. The van der Waals surface area contributed by atoms with Gasteiger partial charge in [-0.05, 0) is 11.1 Å². The molecule has 0 radical (unpaired) electrons. The molecule has 1 aliphatic heterocycles. The maximum Gasteiger partial charge on any atom is 0.139 e. The Morgan fingerprint density at radius 2 is 2.00 bits per heavy atom. The van der Waals surface area contributed by atoms with Gasteiger partial charge in [-0.2, -0.15) is 0 Å². The first-order chi connectivity index (χ1) is 4.86. The Morgan fingerprint density at radius 1 is 1.20 bits per heavy atom. The average molecular weight is 131 g/mol. The van der Waals surface area contributed by atoms with Gasteiger partial charge in [0.2, 0.25) is 0 Å². The molecule has 0 aromatic heterocycles. The van der Waals surface area contributed by atoms with Gasteiger partial charge < -0.3 is 5.32 Å². The van der Waals surface area contributed by atoms with Gasteiger partial charge in [0.15, 0.2) is 0 Å². The number of fused-ring (bicyclic) bond motifs is 1. The molecule has 2 rings (SSSR count). The van der Waals surface area contributed by atoms with Crippen LogP contribution in [-0.4, -0.2) is 7.85 Å². The molecule has 0 unspecified atom stereocenters. The lowest BCUT2D eigenvalue weighted by molar-refractivity contribution is 0.765. The van der Waals surface area contributed by atoms with Crippen LogP contribution in [0.15, 0.2) is 18.2 Å². The van der Waals surface area contributed by atoms with E-state index in [4.69, 9.17) is 0 Å². The fourth-order valence-electron chi connectivity index (χ4n) is 1.42. The molecule has 1 N–H and O–H groups in total. The fraction of sp³-hybridized carbons (Fsp3) is 0.250. The number of nitrogens with one attached hydrogen (secondary N) is 1. The zero-order chi connectivity index (χ0) is 6.97. The molecule has 0 amide bonds. The molecule has 0 atom stereocenters. The molecule has 0 saturated heterocycles. The first kappa shape index (κ1) is 5.99. The molecule has 1 aromatic rings. The lowest BCUT2D eigenvalue weighted by Gasteiger charge is -1.97. The molecule has 2 heteroatoms. The predicted molar refractivity (Wildman–Crippen MR) is 45.2 cm³/mol. The van der Waals surface area contributed by atoms with E-state index >= 15 is 0 Å². The Labute approximate surface area is 61.9 Å². The van der Waals surface area contributed by atoms with Gasteiger partial charge in [-0.25, -0.2) is 0 Å². The van der Waals surface area contributed by atoms with Crippen LogP contribution in [0, 0.1) is 0 Å². The summed E-state index contributed by atoms with van der Waals surface area (Å²) in [5, 5.41) is 3.31. The zero-order valence-electron chi connectivity index (χ0n) is 6.15. The summed E-state index contributed by atoms with van der Waals surface area (Å²) in [6, 6.07) is 6.64. The Hall–Kier alpha value is -0.755. The fourth-order valence-corrected chi connectivity index (χ4v) is 1.42. The van der Waals surface area contributed by atoms with Gasteiger partial charge >= 0.3 is 0 Å². The van der Waals surface area contributed by atoms with Crippen molar-refractivity contribution in [3.63, 3.8) is 0 Å². The van der Waals surface area contributed by atoms with Crippen LogP contribution in [-0.2, 0) is 13.1 Å². The number of hydrogen-bond donors (Lipinski definition) is 1. The number of rotatable bonds is 0. The van der Waals surface area contributed by atoms with Crippen LogP contribution in [0.4, 0.5) is 0 Å².